The first kappa shape index (κ1) is 54.5. The number of aryl methyl sites for hydroxylation is 2. The van der Waals surface area contributed by atoms with Crippen molar-refractivity contribution in [3.05, 3.63) is 129 Å². The number of anilines is 4. The first-order valence-corrected chi connectivity index (χ1v) is 23.9. The van der Waals surface area contributed by atoms with Crippen LogP contribution in [0.25, 0.3) is 0 Å². The van der Waals surface area contributed by atoms with Gasteiger partial charge in [0.25, 0.3) is 23.6 Å². The molecule has 5 aromatic carbocycles. The number of benzene rings is 5. The van der Waals surface area contributed by atoms with Gasteiger partial charge in [0, 0.05) is 29.0 Å². The highest BCUT2D eigenvalue weighted by Gasteiger charge is 2.27. The number of carbonyl (C=O) groups excluding carboxylic acids is 6. The molecule has 5 aromatic rings. The van der Waals surface area contributed by atoms with Crippen LogP contribution in [0.3, 0.4) is 0 Å². The number of nitrogens with zero attached hydrogens (tertiary/aromatic N) is 4. The van der Waals surface area contributed by atoms with E-state index in [9.17, 15) is 28.8 Å². The van der Waals surface area contributed by atoms with Crippen LogP contribution in [-0.4, -0.2) is 72.3 Å². The highest BCUT2D eigenvalue weighted by atomic mass is 35.5. The fourth-order valence-corrected chi connectivity index (χ4v) is 7.71. The number of nitrogens with one attached hydrogen (secondary N) is 4. The van der Waals surface area contributed by atoms with Gasteiger partial charge in [-0.25, -0.2) is 0 Å². The lowest BCUT2D eigenvalue weighted by Crippen LogP contribution is -2.32. The second-order valence-corrected chi connectivity index (χ2v) is 16.8. The van der Waals surface area contributed by atoms with Crippen molar-refractivity contribution < 1.29 is 38.2 Å². The van der Waals surface area contributed by atoms with Crippen molar-refractivity contribution in [2.75, 3.05) is 46.2 Å². The number of hydrogen-bond acceptors (Lipinski definition) is 12. The Kier molecular flexibility index (Phi) is 20.7. The first-order valence-electron chi connectivity index (χ1n) is 21.6. The van der Waals surface area contributed by atoms with Gasteiger partial charge in [0.05, 0.1) is 57.1 Å². The molecule has 0 aliphatic heterocycles. The van der Waals surface area contributed by atoms with E-state index in [-0.39, 0.29) is 49.8 Å². The lowest BCUT2D eigenvalue weighted by atomic mass is 10.1. The lowest BCUT2D eigenvalue weighted by molar-refractivity contribution is -0.127. The molecule has 0 heterocycles. The summed E-state index contributed by atoms with van der Waals surface area (Å²) in [4.78, 5) is 79.4. The van der Waals surface area contributed by atoms with Crippen LogP contribution in [0.2, 0.25) is 10.0 Å². The summed E-state index contributed by atoms with van der Waals surface area (Å²) >= 11 is 31.1. The fourth-order valence-electron chi connectivity index (χ4n) is 6.67. The summed E-state index contributed by atoms with van der Waals surface area (Å²) in [5, 5.41) is 27.3. The Balaban J connectivity index is 1.27. The molecule has 4 amide bonds. The minimum atomic E-state index is -1.62. The van der Waals surface area contributed by atoms with Gasteiger partial charge >= 0.3 is 0 Å². The second-order valence-electron chi connectivity index (χ2n) is 15.0. The molecule has 0 saturated heterocycles. The average molecular weight is 1050 g/mol. The van der Waals surface area contributed by atoms with Crippen molar-refractivity contribution in [2.45, 2.75) is 58.5 Å². The molecule has 0 aromatic heterocycles. The Bertz CT molecular complexity index is 2780. The lowest BCUT2D eigenvalue weighted by Gasteiger charge is -2.16. The molecular formula is C49H47Cl5N8O8. The van der Waals surface area contributed by atoms with Crippen LogP contribution >= 0.6 is 58.0 Å². The monoisotopic (exact) mass is 1050 g/mol. The molecule has 0 radical (unpaired) electrons. The van der Waals surface area contributed by atoms with Crippen molar-refractivity contribution in [1.29, 1.82) is 0 Å². The minimum Gasteiger partial charge on any atom is -0.492 e. The van der Waals surface area contributed by atoms with Gasteiger partial charge in [0.15, 0.2) is 11.6 Å². The summed E-state index contributed by atoms with van der Waals surface area (Å²) in [5.74, 6) is -2.77. The maximum Gasteiger partial charge on any atom is 0.258 e. The number of Topliss-reactive ketones (excluding diaryl/α,β-unsaturated/α-hetero) is 2. The number of amides is 4. The average Bonchev–Trinajstić information content (AvgIpc) is 3.32. The van der Waals surface area contributed by atoms with Gasteiger partial charge in [0.1, 0.15) is 11.5 Å². The number of ketones is 2. The molecule has 5 rings (SSSR count). The van der Waals surface area contributed by atoms with Crippen LogP contribution in [0.5, 0.6) is 11.5 Å². The van der Waals surface area contributed by atoms with E-state index >= 15 is 0 Å². The zero-order valence-electron chi connectivity index (χ0n) is 38.2. The Labute approximate surface area is 428 Å². The molecule has 366 valence electrons. The molecule has 0 saturated carbocycles. The normalized spacial score (nSPS) is 12.0. The molecular weight excluding hydrogens is 1010 g/mol. The van der Waals surface area contributed by atoms with E-state index in [1.165, 1.54) is 54.6 Å². The summed E-state index contributed by atoms with van der Waals surface area (Å²) in [6.07, 6.45) is 0.919. The molecule has 2 unspecified atom stereocenters. The number of para-hydroxylation sites is 2. The Morgan fingerprint density at radius 2 is 1.01 bits per heavy atom. The number of carbonyl (C=O) groups is 6. The Morgan fingerprint density at radius 1 is 0.557 bits per heavy atom. The van der Waals surface area contributed by atoms with Crippen molar-refractivity contribution in [1.82, 2.24) is 0 Å². The quantitative estimate of drug-likeness (QED) is 0.0279. The molecule has 16 nitrogen and oxygen atoms in total. The van der Waals surface area contributed by atoms with Gasteiger partial charge < -0.3 is 30.7 Å². The third kappa shape index (κ3) is 14.6. The van der Waals surface area contributed by atoms with Gasteiger partial charge in [-0.1, -0.05) is 47.5 Å². The van der Waals surface area contributed by atoms with Crippen LogP contribution in [0, 0.1) is 0 Å². The standard InChI is InChI=1S/C49H47Cl5N8O8/c1-5-69-40-11-7-9-29(19-21-50)44(40)57-46(65)35-24-33(13-16-37(35)53)59-61-42(27(3)63)48(67)55-32-15-18-39(31(23-32)26-52)56-49(68)43(28(4)64)62-60-34-14-17-38(54)36(25-34)47(66)58-45-30(20-22-51)10-8-12-41(45)70-6-2/h7-18,23-25,42-43H,5-6,19-22,26H2,1-4H3,(H,55,67)(H,56,68)(H,57,65)(H,58,66). The molecule has 70 heavy (non-hydrogen) atoms. The number of halogens is 5. The summed E-state index contributed by atoms with van der Waals surface area (Å²) < 4.78 is 11.4. The molecule has 0 aliphatic carbocycles. The first-order chi connectivity index (χ1) is 33.6. The largest absolute Gasteiger partial charge is 0.492 e. The third-order valence-electron chi connectivity index (χ3n) is 10.0. The van der Waals surface area contributed by atoms with E-state index in [1.54, 1.807) is 24.3 Å². The van der Waals surface area contributed by atoms with Crippen molar-refractivity contribution >= 4 is 127 Å². The predicted molar refractivity (Wildman–Crippen MR) is 274 cm³/mol. The maximum absolute atomic E-state index is 13.5. The maximum atomic E-state index is 13.5. The van der Waals surface area contributed by atoms with E-state index in [0.717, 1.165) is 25.0 Å². The van der Waals surface area contributed by atoms with E-state index in [2.05, 4.69) is 41.7 Å². The Hall–Kier alpha value is -6.43. The molecule has 2 atom stereocenters. The fraction of sp³-hybridized carbons (Fsp3) is 0.265. The van der Waals surface area contributed by atoms with Gasteiger partial charge in [-0.05, 0) is 124 Å². The van der Waals surface area contributed by atoms with Gasteiger partial charge in [-0.15, -0.1) is 34.8 Å². The zero-order valence-corrected chi connectivity index (χ0v) is 42.0. The van der Waals surface area contributed by atoms with E-state index in [1.807, 2.05) is 26.0 Å². The van der Waals surface area contributed by atoms with Crippen molar-refractivity contribution in [3.63, 3.8) is 0 Å². The number of alkyl halides is 3. The molecule has 0 bridgehead atoms. The topological polar surface area (TPSA) is 218 Å². The molecule has 0 aliphatic rings. The smallest absolute Gasteiger partial charge is 0.258 e. The van der Waals surface area contributed by atoms with Crippen molar-refractivity contribution in [2.24, 2.45) is 20.5 Å². The van der Waals surface area contributed by atoms with E-state index in [4.69, 9.17) is 67.5 Å². The third-order valence-corrected chi connectivity index (χ3v) is 11.4. The number of ether oxygens (including phenoxy) is 2. The van der Waals surface area contributed by atoms with Gasteiger partial charge in [0.2, 0.25) is 12.1 Å². The van der Waals surface area contributed by atoms with Crippen molar-refractivity contribution in [3.8, 4) is 11.5 Å². The minimum absolute atomic E-state index is 0.0391. The summed E-state index contributed by atoms with van der Waals surface area (Å²) in [5.41, 5.74) is 3.41. The predicted octanol–water partition coefficient (Wildman–Crippen LogP) is 12.0. The summed E-state index contributed by atoms with van der Waals surface area (Å²) in [6, 6.07) is 20.3. The van der Waals surface area contributed by atoms with Gasteiger partial charge in [-0.3, -0.25) is 28.8 Å². The molecule has 4 N–H and O–H groups in total. The molecule has 0 fully saturated rings. The molecule has 0 spiro atoms. The number of rotatable bonds is 23. The Morgan fingerprint density at radius 3 is 1.43 bits per heavy atom. The van der Waals surface area contributed by atoms with Crippen LogP contribution in [0.4, 0.5) is 34.1 Å². The van der Waals surface area contributed by atoms with Gasteiger partial charge in [-0.2, -0.15) is 20.5 Å². The van der Waals surface area contributed by atoms with Crippen LogP contribution in [0.1, 0.15) is 65.1 Å². The number of hydrogen-bond donors (Lipinski definition) is 4. The SMILES string of the molecule is CCOc1cccc(CCCl)c1NC(=O)c1cc(N=NC(C(C)=O)C(=O)Nc2ccc(NC(=O)C(N=Nc3ccc(Cl)c(C(=O)Nc4c(CCCl)cccc4OCC)c3)C(C)=O)c(CCl)c2)ccc1Cl. The highest BCUT2D eigenvalue weighted by molar-refractivity contribution is 6.35. The number of azo groups is 2. The van der Waals surface area contributed by atoms with Crippen LogP contribution < -0.4 is 30.7 Å². The van der Waals surface area contributed by atoms with E-state index < -0.39 is 47.3 Å². The summed E-state index contributed by atoms with van der Waals surface area (Å²) in [6.45, 7) is 6.67. The van der Waals surface area contributed by atoms with Crippen LogP contribution in [0.15, 0.2) is 111 Å². The highest BCUT2D eigenvalue weighted by Crippen LogP contribution is 2.34. The molecule has 21 heteroatoms. The van der Waals surface area contributed by atoms with Crippen LogP contribution in [-0.2, 0) is 37.9 Å². The second kappa shape index (κ2) is 26.5. The zero-order chi connectivity index (χ0) is 50.9. The van der Waals surface area contributed by atoms with E-state index in [0.29, 0.717) is 66.3 Å². The summed E-state index contributed by atoms with van der Waals surface area (Å²) in [7, 11) is 0.